The van der Waals surface area contributed by atoms with E-state index in [9.17, 15) is 13.2 Å². The number of alkyl halides is 4. The molecule has 0 aromatic rings. The Kier molecular flexibility index (Phi) is 2.13. The van der Waals surface area contributed by atoms with Gasteiger partial charge in [-0.25, -0.2) is 0 Å². The summed E-state index contributed by atoms with van der Waals surface area (Å²) in [4.78, 5) is 0. The van der Waals surface area contributed by atoms with E-state index in [1.165, 1.54) is 0 Å². The van der Waals surface area contributed by atoms with E-state index in [0.717, 1.165) is 0 Å². The number of rotatable bonds is 0. The maximum Gasteiger partial charge on any atom is 0.391 e. The number of hydrogen-bond acceptors (Lipinski definition) is 0. The van der Waals surface area contributed by atoms with Crippen molar-refractivity contribution in [1.82, 2.24) is 0 Å². The van der Waals surface area contributed by atoms with Crippen LogP contribution in [-0.4, -0.2) is 11.6 Å². The Balaban J connectivity index is 2.45. The molecule has 0 bridgehead atoms. The lowest BCUT2D eigenvalue weighted by Gasteiger charge is -2.12. The second-order valence-electron chi connectivity index (χ2n) is 2.65. The highest BCUT2D eigenvalue weighted by Gasteiger charge is 2.43. The normalized spacial score (nSPS) is 34.8. The molecule has 1 saturated carbocycles. The van der Waals surface area contributed by atoms with Gasteiger partial charge in [0, 0.05) is 5.38 Å². The van der Waals surface area contributed by atoms with E-state index in [0.29, 0.717) is 6.42 Å². The van der Waals surface area contributed by atoms with E-state index in [-0.39, 0.29) is 18.2 Å². The van der Waals surface area contributed by atoms with Crippen LogP contribution in [-0.2, 0) is 0 Å². The maximum atomic E-state index is 11.9. The van der Waals surface area contributed by atoms with Crippen molar-refractivity contribution in [3.63, 3.8) is 0 Å². The molecule has 60 valence electrons. The molecular weight excluding hydrogens is 165 g/mol. The molecule has 1 aliphatic rings. The topological polar surface area (TPSA) is 0 Å². The van der Waals surface area contributed by atoms with Crippen LogP contribution in [0.1, 0.15) is 19.3 Å². The van der Waals surface area contributed by atoms with Crippen LogP contribution in [0.5, 0.6) is 0 Å². The molecule has 0 spiro atoms. The monoisotopic (exact) mass is 172 g/mol. The lowest BCUT2D eigenvalue weighted by molar-refractivity contribution is -0.172. The van der Waals surface area contributed by atoms with E-state index in [4.69, 9.17) is 11.6 Å². The Hall–Kier alpha value is 0.0800. The van der Waals surface area contributed by atoms with E-state index >= 15 is 0 Å². The molecule has 2 atom stereocenters. The summed E-state index contributed by atoms with van der Waals surface area (Å²) in [5, 5.41) is -0.258. The zero-order valence-electron chi connectivity index (χ0n) is 5.29. The van der Waals surface area contributed by atoms with Gasteiger partial charge in [-0.15, -0.1) is 11.6 Å². The van der Waals surface area contributed by atoms with Crippen LogP contribution in [0.2, 0.25) is 0 Å². The summed E-state index contributed by atoms with van der Waals surface area (Å²) in [6.07, 6.45) is -3.21. The van der Waals surface area contributed by atoms with Crippen molar-refractivity contribution in [2.45, 2.75) is 30.8 Å². The zero-order valence-corrected chi connectivity index (χ0v) is 6.04. The molecule has 0 radical (unpaired) electrons. The van der Waals surface area contributed by atoms with Crippen molar-refractivity contribution in [3.05, 3.63) is 0 Å². The summed E-state index contributed by atoms with van der Waals surface area (Å²) in [7, 11) is 0. The Bertz CT molecular complexity index is 121. The molecule has 0 unspecified atom stereocenters. The van der Waals surface area contributed by atoms with Gasteiger partial charge < -0.3 is 0 Å². The van der Waals surface area contributed by atoms with Crippen LogP contribution in [0.25, 0.3) is 0 Å². The highest BCUT2D eigenvalue weighted by Crippen LogP contribution is 2.40. The van der Waals surface area contributed by atoms with E-state index in [1.807, 2.05) is 0 Å². The minimum Gasteiger partial charge on any atom is -0.171 e. The van der Waals surface area contributed by atoms with Crippen LogP contribution >= 0.6 is 11.6 Å². The summed E-state index contributed by atoms with van der Waals surface area (Å²) < 4.78 is 35.6. The van der Waals surface area contributed by atoms with Gasteiger partial charge in [-0.05, 0) is 19.3 Å². The largest absolute Gasteiger partial charge is 0.391 e. The second kappa shape index (κ2) is 2.61. The van der Waals surface area contributed by atoms with Crippen molar-refractivity contribution in [3.8, 4) is 0 Å². The Morgan fingerprint density at radius 1 is 1.20 bits per heavy atom. The summed E-state index contributed by atoms with van der Waals surface area (Å²) in [5.41, 5.74) is 0. The van der Waals surface area contributed by atoms with Gasteiger partial charge in [0.25, 0.3) is 0 Å². The molecule has 1 rings (SSSR count). The first-order valence-electron chi connectivity index (χ1n) is 3.21. The fourth-order valence-corrected chi connectivity index (χ4v) is 1.56. The van der Waals surface area contributed by atoms with E-state index < -0.39 is 12.1 Å². The average molecular weight is 173 g/mol. The molecular formula is C6H8ClF3. The smallest absolute Gasteiger partial charge is 0.171 e. The molecule has 0 amide bonds. The van der Waals surface area contributed by atoms with Crippen molar-refractivity contribution in [1.29, 1.82) is 0 Å². The minimum atomic E-state index is -4.02. The van der Waals surface area contributed by atoms with Crippen LogP contribution < -0.4 is 0 Å². The van der Waals surface area contributed by atoms with Crippen LogP contribution in [0.4, 0.5) is 13.2 Å². The molecule has 0 N–H and O–H groups in total. The first kappa shape index (κ1) is 8.18. The minimum absolute atomic E-state index is 0.102. The van der Waals surface area contributed by atoms with Gasteiger partial charge in [0.05, 0.1) is 5.92 Å². The molecule has 10 heavy (non-hydrogen) atoms. The molecule has 0 nitrogen and oxygen atoms in total. The lowest BCUT2D eigenvalue weighted by Crippen LogP contribution is -2.19. The standard InChI is InChI=1S/C6H8ClF3/c7-5-2-1-4(3-5)6(8,9)10/h4-5H,1-3H2/t4-,5-/m1/s1. The quantitative estimate of drug-likeness (QED) is 0.493. The molecule has 0 aliphatic heterocycles. The van der Waals surface area contributed by atoms with Crippen molar-refractivity contribution < 1.29 is 13.2 Å². The van der Waals surface area contributed by atoms with Gasteiger partial charge >= 0.3 is 6.18 Å². The van der Waals surface area contributed by atoms with E-state index in [1.54, 1.807) is 0 Å². The average Bonchev–Trinajstić information content (AvgIpc) is 2.11. The Morgan fingerprint density at radius 2 is 1.80 bits per heavy atom. The van der Waals surface area contributed by atoms with Crippen LogP contribution in [0.15, 0.2) is 0 Å². The maximum absolute atomic E-state index is 11.9. The summed E-state index contributed by atoms with van der Waals surface area (Å²) in [6, 6.07) is 0. The zero-order chi connectivity index (χ0) is 7.78. The van der Waals surface area contributed by atoms with Gasteiger partial charge in [0.2, 0.25) is 0 Å². The first-order valence-corrected chi connectivity index (χ1v) is 3.64. The van der Waals surface area contributed by atoms with Gasteiger partial charge in [0.1, 0.15) is 0 Å². The summed E-state index contributed by atoms with van der Waals surface area (Å²) in [6.45, 7) is 0. The van der Waals surface area contributed by atoms with Gasteiger partial charge in [-0.3, -0.25) is 0 Å². The number of hydrogen-bond donors (Lipinski definition) is 0. The van der Waals surface area contributed by atoms with Crippen LogP contribution in [0, 0.1) is 5.92 Å². The SMILES string of the molecule is FC(F)(F)[C@@H]1CC[C@@H](Cl)C1. The molecule has 0 saturated heterocycles. The molecule has 1 aliphatic carbocycles. The predicted molar refractivity (Wildman–Crippen MR) is 33.0 cm³/mol. The fraction of sp³-hybridized carbons (Fsp3) is 1.00. The third-order valence-electron chi connectivity index (χ3n) is 1.83. The number of halogens is 4. The third-order valence-corrected chi connectivity index (χ3v) is 2.23. The molecule has 0 aromatic carbocycles. The van der Waals surface area contributed by atoms with Gasteiger partial charge in [0.15, 0.2) is 0 Å². The Morgan fingerprint density at radius 3 is 2.00 bits per heavy atom. The Labute approximate surface area is 62.4 Å². The van der Waals surface area contributed by atoms with Gasteiger partial charge in [-0.2, -0.15) is 13.2 Å². The highest BCUT2D eigenvalue weighted by atomic mass is 35.5. The predicted octanol–water partition coefficient (Wildman–Crippen LogP) is 2.96. The third kappa shape index (κ3) is 1.78. The molecule has 0 aromatic heterocycles. The molecule has 0 heterocycles. The molecule has 4 heteroatoms. The highest BCUT2D eigenvalue weighted by molar-refractivity contribution is 6.20. The molecule has 1 fully saturated rings. The lowest BCUT2D eigenvalue weighted by atomic mass is 10.1. The van der Waals surface area contributed by atoms with Crippen molar-refractivity contribution >= 4 is 11.6 Å². The van der Waals surface area contributed by atoms with Crippen molar-refractivity contribution in [2.24, 2.45) is 5.92 Å². The fourth-order valence-electron chi connectivity index (χ4n) is 1.22. The first-order chi connectivity index (χ1) is 4.50. The summed E-state index contributed by atoms with van der Waals surface area (Å²) in [5.74, 6) is -1.14. The van der Waals surface area contributed by atoms with Crippen molar-refractivity contribution in [2.75, 3.05) is 0 Å². The second-order valence-corrected chi connectivity index (χ2v) is 3.27. The van der Waals surface area contributed by atoms with Gasteiger partial charge in [-0.1, -0.05) is 0 Å². The van der Waals surface area contributed by atoms with E-state index in [2.05, 4.69) is 0 Å². The summed E-state index contributed by atoms with van der Waals surface area (Å²) >= 11 is 5.51. The van der Waals surface area contributed by atoms with Crippen LogP contribution in [0.3, 0.4) is 0 Å².